The molecule has 0 heterocycles. The molecule has 0 aliphatic heterocycles. The van der Waals surface area contributed by atoms with E-state index in [2.05, 4.69) is 20.7 Å². The minimum Gasteiger partial charge on any atom is -0.493 e. The summed E-state index contributed by atoms with van der Waals surface area (Å²) in [6, 6.07) is 10.3. The topological polar surface area (TPSA) is 68.6 Å². The summed E-state index contributed by atoms with van der Waals surface area (Å²) in [4.78, 5) is 11.6. The van der Waals surface area contributed by atoms with Gasteiger partial charge in [-0.2, -0.15) is 5.26 Å². The van der Waals surface area contributed by atoms with Crippen LogP contribution in [-0.2, 0) is 16.1 Å². The third kappa shape index (κ3) is 5.39. The molecular weight excluding hydrogens is 457 g/mol. The molecule has 0 spiro atoms. The fourth-order valence-electron chi connectivity index (χ4n) is 2.13. The first-order valence-corrected chi connectivity index (χ1v) is 9.08. The first-order valence-electron chi connectivity index (χ1n) is 7.54. The van der Waals surface area contributed by atoms with Gasteiger partial charge in [-0.1, -0.05) is 45.2 Å². The average Bonchev–Trinajstić information content (AvgIpc) is 2.65. The lowest BCUT2D eigenvalue weighted by Crippen LogP contribution is -2.03. The van der Waals surface area contributed by atoms with Crippen LogP contribution in [-0.4, -0.2) is 20.2 Å². The first-order chi connectivity index (χ1) is 12.9. The normalized spacial score (nSPS) is 10.9. The van der Waals surface area contributed by atoms with E-state index in [1.165, 1.54) is 20.3 Å². The molecule has 27 heavy (non-hydrogen) atoms. The molecule has 0 aromatic heterocycles. The van der Waals surface area contributed by atoms with Crippen molar-refractivity contribution in [1.29, 1.82) is 5.26 Å². The van der Waals surface area contributed by atoms with Gasteiger partial charge in [-0.25, -0.2) is 4.79 Å². The van der Waals surface area contributed by atoms with E-state index in [1.807, 2.05) is 0 Å². The van der Waals surface area contributed by atoms with E-state index >= 15 is 0 Å². The molecule has 0 aliphatic rings. The molecule has 0 fully saturated rings. The smallest absolute Gasteiger partial charge is 0.348 e. The van der Waals surface area contributed by atoms with Crippen LogP contribution in [0.2, 0.25) is 10.0 Å². The molecule has 2 aromatic rings. The number of hydrogen-bond donors (Lipinski definition) is 0. The number of nitrogens with zero attached hydrogens (tertiary/aromatic N) is 1. The van der Waals surface area contributed by atoms with E-state index in [0.29, 0.717) is 31.6 Å². The van der Waals surface area contributed by atoms with Crippen LogP contribution in [0.4, 0.5) is 0 Å². The molecule has 2 aromatic carbocycles. The number of benzene rings is 2. The largest absolute Gasteiger partial charge is 0.493 e. The van der Waals surface area contributed by atoms with Crippen LogP contribution < -0.4 is 9.47 Å². The van der Waals surface area contributed by atoms with Crippen LogP contribution in [0.1, 0.15) is 11.1 Å². The highest BCUT2D eigenvalue weighted by atomic mass is 79.9. The quantitative estimate of drug-likeness (QED) is 0.320. The van der Waals surface area contributed by atoms with Gasteiger partial charge in [0, 0.05) is 20.1 Å². The maximum atomic E-state index is 11.6. The van der Waals surface area contributed by atoms with E-state index in [0.717, 1.165) is 5.56 Å². The van der Waals surface area contributed by atoms with E-state index in [9.17, 15) is 4.79 Å². The molecular formula is C19H14BrCl2NO4. The Hall–Kier alpha value is -2.20. The summed E-state index contributed by atoms with van der Waals surface area (Å²) < 4.78 is 16.4. The van der Waals surface area contributed by atoms with Crippen LogP contribution in [0.5, 0.6) is 11.5 Å². The Kier molecular flexibility index (Phi) is 7.55. The number of nitriles is 1. The zero-order chi connectivity index (χ0) is 20.0. The van der Waals surface area contributed by atoms with Crippen molar-refractivity contribution in [3.63, 3.8) is 0 Å². The molecule has 2 rings (SSSR count). The van der Waals surface area contributed by atoms with E-state index in [-0.39, 0.29) is 12.2 Å². The van der Waals surface area contributed by atoms with Crippen molar-refractivity contribution >= 4 is 51.2 Å². The maximum absolute atomic E-state index is 11.6. The lowest BCUT2D eigenvalue weighted by atomic mass is 10.1. The molecule has 0 amide bonds. The van der Waals surface area contributed by atoms with E-state index in [1.54, 1.807) is 36.4 Å². The van der Waals surface area contributed by atoms with Crippen LogP contribution in [0.3, 0.4) is 0 Å². The van der Waals surface area contributed by atoms with E-state index < -0.39 is 5.97 Å². The number of rotatable bonds is 6. The highest BCUT2D eigenvalue weighted by Crippen LogP contribution is 2.35. The summed E-state index contributed by atoms with van der Waals surface area (Å²) in [5, 5.41) is 10.1. The van der Waals surface area contributed by atoms with Gasteiger partial charge >= 0.3 is 5.97 Å². The summed E-state index contributed by atoms with van der Waals surface area (Å²) in [6.45, 7) is 0.208. The lowest BCUT2D eigenvalue weighted by molar-refractivity contribution is -0.135. The zero-order valence-corrected chi connectivity index (χ0v) is 17.5. The monoisotopic (exact) mass is 469 g/mol. The van der Waals surface area contributed by atoms with E-state index in [4.69, 9.17) is 37.9 Å². The Morgan fingerprint density at radius 2 is 1.96 bits per heavy atom. The lowest BCUT2D eigenvalue weighted by Gasteiger charge is -2.14. The Labute approximate surface area is 175 Å². The van der Waals surface area contributed by atoms with Crippen molar-refractivity contribution in [2.45, 2.75) is 6.61 Å². The molecule has 0 aliphatic carbocycles. The molecule has 0 N–H and O–H groups in total. The fourth-order valence-corrected chi connectivity index (χ4v) is 3.03. The number of esters is 1. The number of methoxy groups -OCH3 is 2. The highest BCUT2D eigenvalue weighted by Gasteiger charge is 2.14. The van der Waals surface area contributed by atoms with Gasteiger partial charge in [0.25, 0.3) is 0 Å². The molecule has 0 bridgehead atoms. The van der Waals surface area contributed by atoms with Crippen molar-refractivity contribution in [3.05, 3.63) is 61.5 Å². The molecule has 5 nitrogen and oxygen atoms in total. The Balaban J connectivity index is 2.31. The molecule has 0 saturated heterocycles. The second-order valence-electron chi connectivity index (χ2n) is 5.21. The summed E-state index contributed by atoms with van der Waals surface area (Å²) >= 11 is 15.5. The summed E-state index contributed by atoms with van der Waals surface area (Å²) in [5.41, 5.74) is 1.19. The fraction of sp³-hybridized carbons (Fsp3) is 0.158. The standard InChI is InChI=1S/C19H14BrCl2NO4/c1-25-17-6-12(5-13(9-23)19(24)26-2)15(20)8-18(17)27-10-11-3-4-14(21)7-16(11)22/h3-8H,10H2,1-2H3/b13-5+. The Bertz CT molecular complexity index is 938. The van der Waals surface area contributed by atoms with Gasteiger partial charge in [0.05, 0.1) is 14.2 Å². The number of halogens is 3. The maximum Gasteiger partial charge on any atom is 0.348 e. The predicted molar refractivity (Wildman–Crippen MR) is 107 cm³/mol. The van der Waals surface area contributed by atoms with Gasteiger partial charge < -0.3 is 14.2 Å². The van der Waals surface area contributed by atoms with Gasteiger partial charge in [-0.05, 0) is 35.9 Å². The first kappa shape index (κ1) is 21.1. The third-order valence-electron chi connectivity index (χ3n) is 3.51. The number of hydrogen-bond acceptors (Lipinski definition) is 5. The Morgan fingerprint density at radius 3 is 2.56 bits per heavy atom. The van der Waals surface area contributed by atoms with Gasteiger partial charge in [-0.3, -0.25) is 0 Å². The van der Waals surface area contributed by atoms with Gasteiger partial charge in [0.1, 0.15) is 18.2 Å². The molecule has 140 valence electrons. The molecule has 0 saturated carbocycles. The van der Waals surface area contributed by atoms with Crippen LogP contribution in [0.15, 0.2) is 40.4 Å². The minimum atomic E-state index is -0.721. The molecule has 0 unspecified atom stereocenters. The van der Waals surface area contributed by atoms with Gasteiger partial charge in [-0.15, -0.1) is 0 Å². The van der Waals surface area contributed by atoms with Crippen LogP contribution in [0, 0.1) is 11.3 Å². The predicted octanol–water partition coefficient (Wildman–Crippen LogP) is 5.42. The van der Waals surface area contributed by atoms with Crippen molar-refractivity contribution in [2.24, 2.45) is 0 Å². The minimum absolute atomic E-state index is 0.137. The Morgan fingerprint density at radius 1 is 1.22 bits per heavy atom. The van der Waals surface area contributed by atoms with Gasteiger partial charge in [0.15, 0.2) is 11.5 Å². The summed E-state index contributed by atoms with van der Waals surface area (Å²) in [5.74, 6) is 0.168. The van der Waals surface area contributed by atoms with Crippen molar-refractivity contribution < 1.29 is 19.0 Å². The summed E-state index contributed by atoms with van der Waals surface area (Å²) in [6.07, 6.45) is 1.40. The van der Waals surface area contributed by atoms with Crippen molar-refractivity contribution in [1.82, 2.24) is 0 Å². The third-order valence-corrected chi connectivity index (χ3v) is 4.78. The molecule has 0 radical (unpaired) electrons. The molecule has 8 heteroatoms. The SMILES string of the molecule is COC(=O)/C(C#N)=C/c1cc(OC)c(OCc2ccc(Cl)cc2Cl)cc1Br. The number of carbonyl (C=O) groups is 1. The van der Waals surface area contributed by atoms with Crippen LogP contribution in [0.25, 0.3) is 6.08 Å². The second kappa shape index (κ2) is 9.65. The highest BCUT2D eigenvalue weighted by molar-refractivity contribution is 9.10. The summed E-state index contributed by atoms with van der Waals surface area (Å²) in [7, 11) is 2.70. The molecule has 0 atom stereocenters. The van der Waals surface area contributed by atoms with Crippen LogP contribution >= 0.6 is 39.1 Å². The average molecular weight is 471 g/mol. The number of ether oxygens (including phenoxy) is 3. The van der Waals surface area contributed by atoms with Gasteiger partial charge in [0.2, 0.25) is 0 Å². The second-order valence-corrected chi connectivity index (χ2v) is 6.91. The van der Waals surface area contributed by atoms with Crippen molar-refractivity contribution in [2.75, 3.05) is 14.2 Å². The van der Waals surface area contributed by atoms with Crippen molar-refractivity contribution in [3.8, 4) is 17.6 Å². The zero-order valence-electron chi connectivity index (χ0n) is 14.4. The number of carbonyl (C=O) groups excluding carboxylic acids is 1.